The third-order valence-corrected chi connectivity index (χ3v) is 5.15. The van der Waals surface area contributed by atoms with Crippen molar-refractivity contribution in [3.05, 3.63) is 56.5 Å². The van der Waals surface area contributed by atoms with Crippen LogP contribution in [0.15, 0.2) is 45.8 Å². The first kappa shape index (κ1) is 16.9. The van der Waals surface area contributed by atoms with Gasteiger partial charge in [0.15, 0.2) is 0 Å². The summed E-state index contributed by atoms with van der Waals surface area (Å²) in [6, 6.07) is 9.32. The summed E-state index contributed by atoms with van der Waals surface area (Å²) in [7, 11) is 1.50. The SMILES string of the molecule is O=S(=O)(Cl)c1ccc(OCc2cc(Cl)ccc2Cl)c(Br)c1. The Morgan fingerprint density at radius 3 is 2.43 bits per heavy atom. The Morgan fingerprint density at radius 1 is 1.10 bits per heavy atom. The zero-order valence-electron chi connectivity index (χ0n) is 10.3. The average molecular weight is 431 g/mol. The van der Waals surface area contributed by atoms with Gasteiger partial charge in [-0.2, -0.15) is 0 Å². The minimum Gasteiger partial charge on any atom is -0.488 e. The van der Waals surface area contributed by atoms with Crippen LogP contribution in [0.2, 0.25) is 10.0 Å². The molecule has 0 amide bonds. The molecule has 112 valence electrons. The summed E-state index contributed by atoms with van der Waals surface area (Å²) in [6.07, 6.45) is 0. The molecule has 0 aromatic heterocycles. The highest BCUT2D eigenvalue weighted by Gasteiger charge is 2.13. The minimum absolute atomic E-state index is 0.0100. The van der Waals surface area contributed by atoms with Crippen LogP contribution in [0, 0.1) is 0 Å². The fourth-order valence-electron chi connectivity index (χ4n) is 1.56. The molecule has 0 radical (unpaired) electrons. The first-order valence-corrected chi connectivity index (χ1v) is 9.44. The van der Waals surface area contributed by atoms with E-state index in [4.69, 9.17) is 38.6 Å². The lowest BCUT2D eigenvalue weighted by Gasteiger charge is -2.10. The predicted molar refractivity (Wildman–Crippen MR) is 88.0 cm³/mol. The summed E-state index contributed by atoms with van der Waals surface area (Å²) < 4.78 is 28.5. The number of halogens is 4. The Labute approximate surface area is 145 Å². The number of rotatable bonds is 4. The highest BCUT2D eigenvalue weighted by molar-refractivity contribution is 9.10. The summed E-state index contributed by atoms with van der Waals surface area (Å²) in [5.74, 6) is 0.468. The fourth-order valence-corrected chi connectivity index (χ4v) is 3.35. The zero-order valence-corrected chi connectivity index (χ0v) is 15.0. The molecule has 0 atom stereocenters. The van der Waals surface area contributed by atoms with Crippen molar-refractivity contribution in [3.8, 4) is 5.75 Å². The molecule has 0 aliphatic heterocycles. The molecular formula is C13H8BrCl3O3S. The van der Waals surface area contributed by atoms with Crippen LogP contribution in [0.1, 0.15) is 5.56 Å². The van der Waals surface area contributed by atoms with E-state index in [1.54, 1.807) is 18.2 Å². The van der Waals surface area contributed by atoms with Gasteiger partial charge < -0.3 is 4.74 Å². The molecule has 0 heterocycles. The number of benzene rings is 2. The standard InChI is InChI=1S/C13H8BrCl3O3S/c14-11-6-10(21(17,18)19)2-4-13(11)20-7-8-5-9(15)1-3-12(8)16/h1-6H,7H2. The lowest BCUT2D eigenvalue weighted by atomic mass is 10.2. The van der Waals surface area contributed by atoms with Gasteiger partial charge in [0.25, 0.3) is 9.05 Å². The Morgan fingerprint density at radius 2 is 1.81 bits per heavy atom. The monoisotopic (exact) mass is 428 g/mol. The van der Waals surface area contributed by atoms with Crippen LogP contribution in [0.4, 0.5) is 0 Å². The van der Waals surface area contributed by atoms with E-state index in [0.29, 0.717) is 20.3 Å². The maximum absolute atomic E-state index is 11.2. The Balaban J connectivity index is 2.19. The summed E-state index contributed by atoms with van der Waals surface area (Å²) in [4.78, 5) is -0.0100. The van der Waals surface area contributed by atoms with Crippen molar-refractivity contribution in [2.45, 2.75) is 11.5 Å². The van der Waals surface area contributed by atoms with Crippen LogP contribution in [0.25, 0.3) is 0 Å². The van der Waals surface area contributed by atoms with Crippen molar-refractivity contribution in [3.63, 3.8) is 0 Å². The highest BCUT2D eigenvalue weighted by Crippen LogP contribution is 2.30. The Bertz CT molecular complexity index is 778. The first-order valence-electron chi connectivity index (χ1n) is 5.58. The van der Waals surface area contributed by atoms with Gasteiger partial charge in [0.05, 0.1) is 9.37 Å². The third-order valence-electron chi connectivity index (χ3n) is 2.58. The lowest BCUT2D eigenvalue weighted by Crippen LogP contribution is -1.98. The third kappa shape index (κ3) is 4.50. The maximum Gasteiger partial charge on any atom is 0.261 e. The van der Waals surface area contributed by atoms with Gasteiger partial charge in [0.1, 0.15) is 12.4 Å². The maximum atomic E-state index is 11.2. The average Bonchev–Trinajstić information content (AvgIpc) is 2.40. The summed E-state index contributed by atoms with van der Waals surface area (Å²) in [5.41, 5.74) is 0.727. The molecule has 0 bridgehead atoms. The van der Waals surface area contributed by atoms with E-state index in [0.717, 1.165) is 5.56 Å². The molecule has 3 nitrogen and oxygen atoms in total. The van der Waals surface area contributed by atoms with Gasteiger partial charge in [-0.25, -0.2) is 8.42 Å². The summed E-state index contributed by atoms with van der Waals surface area (Å²) in [6.45, 7) is 0.199. The van der Waals surface area contributed by atoms with Crippen molar-refractivity contribution >= 4 is 58.9 Å². The van der Waals surface area contributed by atoms with Gasteiger partial charge in [-0.1, -0.05) is 23.2 Å². The van der Waals surface area contributed by atoms with Crippen LogP contribution in [-0.4, -0.2) is 8.42 Å². The van der Waals surface area contributed by atoms with Crippen molar-refractivity contribution < 1.29 is 13.2 Å². The van der Waals surface area contributed by atoms with Crippen LogP contribution in [0.5, 0.6) is 5.75 Å². The van der Waals surface area contributed by atoms with Crippen LogP contribution in [-0.2, 0) is 15.7 Å². The van der Waals surface area contributed by atoms with Gasteiger partial charge in [0.2, 0.25) is 0 Å². The molecule has 2 rings (SSSR count). The molecule has 2 aromatic carbocycles. The topological polar surface area (TPSA) is 43.4 Å². The van der Waals surface area contributed by atoms with E-state index in [-0.39, 0.29) is 11.5 Å². The number of hydrogen-bond acceptors (Lipinski definition) is 3. The summed E-state index contributed by atoms with van der Waals surface area (Å²) >= 11 is 15.2. The van der Waals surface area contributed by atoms with Gasteiger partial charge in [-0.3, -0.25) is 0 Å². The Kier molecular flexibility index (Phi) is 5.43. The van der Waals surface area contributed by atoms with Crippen LogP contribution < -0.4 is 4.74 Å². The van der Waals surface area contributed by atoms with Crippen molar-refractivity contribution in [2.24, 2.45) is 0 Å². The van der Waals surface area contributed by atoms with E-state index in [9.17, 15) is 8.42 Å². The molecule has 8 heteroatoms. The van der Waals surface area contributed by atoms with E-state index in [1.165, 1.54) is 18.2 Å². The second-order valence-electron chi connectivity index (χ2n) is 4.05. The number of hydrogen-bond donors (Lipinski definition) is 0. The largest absolute Gasteiger partial charge is 0.488 e. The van der Waals surface area contributed by atoms with Gasteiger partial charge in [0, 0.05) is 26.3 Å². The van der Waals surface area contributed by atoms with E-state index in [2.05, 4.69) is 15.9 Å². The summed E-state index contributed by atoms with van der Waals surface area (Å²) in [5, 5.41) is 1.09. The number of ether oxygens (including phenoxy) is 1. The molecule has 0 fully saturated rings. The van der Waals surface area contributed by atoms with Crippen LogP contribution >= 0.6 is 49.8 Å². The van der Waals surface area contributed by atoms with Crippen molar-refractivity contribution in [1.82, 2.24) is 0 Å². The molecule has 0 aliphatic rings. The molecule has 0 N–H and O–H groups in total. The normalized spacial score (nSPS) is 11.4. The van der Waals surface area contributed by atoms with E-state index in [1.807, 2.05) is 0 Å². The fraction of sp³-hybridized carbons (Fsp3) is 0.0769. The van der Waals surface area contributed by atoms with Crippen molar-refractivity contribution in [1.29, 1.82) is 0 Å². The molecule has 2 aromatic rings. The quantitative estimate of drug-likeness (QED) is 0.621. The lowest BCUT2D eigenvalue weighted by molar-refractivity contribution is 0.304. The first-order chi connectivity index (χ1) is 9.77. The molecule has 0 saturated heterocycles. The minimum atomic E-state index is -3.77. The second-order valence-corrected chi connectivity index (χ2v) is 8.32. The smallest absolute Gasteiger partial charge is 0.261 e. The van der Waals surface area contributed by atoms with E-state index >= 15 is 0 Å². The van der Waals surface area contributed by atoms with Crippen molar-refractivity contribution in [2.75, 3.05) is 0 Å². The molecule has 0 unspecified atom stereocenters. The van der Waals surface area contributed by atoms with E-state index < -0.39 is 9.05 Å². The molecule has 0 spiro atoms. The van der Waals surface area contributed by atoms with Crippen LogP contribution in [0.3, 0.4) is 0 Å². The zero-order chi connectivity index (χ0) is 15.6. The molecule has 0 aliphatic carbocycles. The Hall–Kier alpha value is -0.460. The highest BCUT2D eigenvalue weighted by atomic mass is 79.9. The van der Waals surface area contributed by atoms with Gasteiger partial charge >= 0.3 is 0 Å². The second kappa shape index (κ2) is 6.75. The van der Waals surface area contributed by atoms with Gasteiger partial charge in [-0.05, 0) is 52.3 Å². The predicted octanol–water partition coefficient (Wildman–Crippen LogP) is 5.26. The molecular weight excluding hydrogens is 422 g/mol. The molecule has 0 saturated carbocycles. The molecule has 21 heavy (non-hydrogen) atoms. The van der Waals surface area contributed by atoms with Gasteiger partial charge in [-0.15, -0.1) is 0 Å².